The Balaban J connectivity index is 1.96. The molecule has 2 N–H and O–H groups in total. The highest BCUT2D eigenvalue weighted by atomic mass is 16.4. The third kappa shape index (κ3) is 4.99. The molecule has 0 spiro atoms. The zero-order chi connectivity index (χ0) is 17.6. The number of hydrogen-bond acceptors (Lipinski definition) is 3. The van der Waals surface area contributed by atoms with Crippen molar-refractivity contribution in [1.82, 2.24) is 15.6 Å². The zero-order valence-corrected chi connectivity index (χ0v) is 16.0. The number of oxazole rings is 1. The standard InChI is InChI=1S/C19H34N4O/c1-6-19(10-8-9-11-19)14-23-17(20-7-2)22-13-16-21-12-15(24-16)18(3,4)5/h12H,6-11,13-14H2,1-5H3,(H2,20,22,23). The van der Waals surface area contributed by atoms with Crippen LogP contribution in [-0.2, 0) is 12.0 Å². The minimum absolute atomic E-state index is 0.0201. The highest BCUT2D eigenvalue weighted by Gasteiger charge is 2.31. The van der Waals surface area contributed by atoms with E-state index >= 15 is 0 Å². The molecule has 136 valence electrons. The summed E-state index contributed by atoms with van der Waals surface area (Å²) in [4.78, 5) is 9.00. The summed E-state index contributed by atoms with van der Waals surface area (Å²) in [7, 11) is 0. The molecule has 0 aromatic carbocycles. The van der Waals surface area contributed by atoms with Gasteiger partial charge >= 0.3 is 0 Å². The topological polar surface area (TPSA) is 62.5 Å². The quantitative estimate of drug-likeness (QED) is 0.610. The van der Waals surface area contributed by atoms with Crippen LogP contribution in [0.3, 0.4) is 0 Å². The largest absolute Gasteiger partial charge is 0.443 e. The smallest absolute Gasteiger partial charge is 0.216 e. The number of guanidine groups is 1. The lowest BCUT2D eigenvalue weighted by Gasteiger charge is -2.28. The average molecular weight is 335 g/mol. The van der Waals surface area contributed by atoms with Crippen molar-refractivity contribution in [2.24, 2.45) is 10.4 Å². The Labute approximate surface area is 146 Å². The van der Waals surface area contributed by atoms with Crippen molar-refractivity contribution in [3.63, 3.8) is 0 Å². The minimum Gasteiger partial charge on any atom is -0.443 e. The first-order valence-electron chi connectivity index (χ1n) is 9.36. The van der Waals surface area contributed by atoms with Crippen molar-refractivity contribution in [2.45, 2.75) is 78.7 Å². The lowest BCUT2D eigenvalue weighted by molar-refractivity contribution is 0.283. The van der Waals surface area contributed by atoms with Crippen molar-refractivity contribution < 1.29 is 4.42 Å². The summed E-state index contributed by atoms with van der Waals surface area (Å²) in [6, 6.07) is 0. The summed E-state index contributed by atoms with van der Waals surface area (Å²) < 4.78 is 5.82. The van der Waals surface area contributed by atoms with Gasteiger partial charge in [0.15, 0.2) is 5.96 Å². The van der Waals surface area contributed by atoms with Gasteiger partial charge in [-0.2, -0.15) is 0 Å². The summed E-state index contributed by atoms with van der Waals surface area (Å²) in [6.45, 7) is 13.1. The van der Waals surface area contributed by atoms with Crippen molar-refractivity contribution in [3.05, 3.63) is 17.8 Å². The Bertz CT molecular complexity index is 536. The van der Waals surface area contributed by atoms with Crippen LogP contribution in [0.15, 0.2) is 15.6 Å². The Morgan fingerprint density at radius 2 is 1.96 bits per heavy atom. The van der Waals surface area contributed by atoms with Gasteiger partial charge in [0.2, 0.25) is 5.89 Å². The van der Waals surface area contributed by atoms with Gasteiger partial charge in [0, 0.05) is 18.5 Å². The maximum atomic E-state index is 5.82. The van der Waals surface area contributed by atoms with Gasteiger partial charge in [0.25, 0.3) is 0 Å². The molecule has 24 heavy (non-hydrogen) atoms. The van der Waals surface area contributed by atoms with Gasteiger partial charge in [0.05, 0.1) is 6.20 Å². The maximum Gasteiger partial charge on any atom is 0.216 e. The summed E-state index contributed by atoms with van der Waals surface area (Å²) in [5.74, 6) is 2.43. The van der Waals surface area contributed by atoms with Gasteiger partial charge in [-0.15, -0.1) is 0 Å². The number of nitrogens with one attached hydrogen (secondary N) is 2. The highest BCUT2D eigenvalue weighted by molar-refractivity contribution is 5.79. The summed E-state index contributed by atoms with van der Waals surface area (Å²) in [6.07, 6.45) is 8.41. The number of nitrogens with zero attached hydrogens (tertiary/aromatic N) is 2. The first-order valence-corrected chi connectivity index (χ1v) is 9.36. The molecule has 0 bridgehead atoms. The van der Waals surface area contributed by atoms with Crippen molar-refractivity contribution in [1.29, 1.82) is 0 Å². The summed E-state index contributed by atoms with van der Waals surface area (Å²) in [5.41, 5.74) is 0.423. The fourth-order valence-electron chi connectivity index (χ4n) is 3.27. The normalized spacial score (nSPS) is 18.0. The van der Waals surface area contributed by atoms with Gasteiger partial charge in [-0.3, -0.25) is 0 Å². The van der Waals surface area contributed by atoms with Crippen LogP contribution in [0.4, 0.5) is 0 Å². The van der Waals surface area contributed by atoms with Gasteiger partial charge in [-0.05, 0) is 31.6 Å². The van der Waals surface area contributed by atoms with Gasteiger partial charge in [-0.25, -0.2) is 9.98 Å². The van der Waals surface area contributed by atoms with E-state index in [0.717, 1.165) is 24.8 Å². The first kappa shape index (κ1) is 18.8. The monoisotopic (exact) mass is 334 g/mol. The molecule has 0 unspecified atom stereocenters. The predicted molar refractivity (Wildman–Crippen MR) is 99.2 cm³/mol. The van der Waals surface area contributed by atoms with Crippen LogP contribution < -0.4 is 10.6 Å². The number of hydrogen-bond donors (Lipinski definition) is 2. The molecule has 1 saturated carbocycles. The van der Waals surface area contributed by atoms with Gasteiger partial charge in [-0.1, -0.05) is 40.5 Å². The molecule has 0 atom stereocenters. The molecule has 0 saturated heterocycles. The Morgan fingerprint density at radius 1 is 1.25 bits per heavy atom. The van der Waals surface area contributed by atoms with Crippen LogP contribution in [0.25, 0.3) is 0 Å². The van der Waals surface area contributed by atoms with E-state index in [0.29, 0.717) is 17.9 Å². The van der Waals surface area contributed by atoms with Gasteiger partial charge < -0.3 is 15.1 Å². The molecule has 0 aliphatic heterocycles. The second-order valence-corrected chi connectivity index (χ2v) is 7.98. The molecule has 2 rings (SSSR count). The Hall–Kier alpha value is -1.52. The first-order chi connectivity index (χ1) is 11.4. The van der Waals surface area contributed by atoms with E-state index in [2.05, 4.69) is 55.2 Å². The highest BCUT2D eigenvalue weighted by Crippen LogP contribution is 2.40. The van der Waals surface area contributed by atoms with Crippen molar-refractivity contribution in [3.8, 4) is 0 Å². The SMILES string of the molecule is CCNC(=NCc1ncc(C(C)(C)C)o1)NCC1(CC)CCCC1. The van der Waals surface area contributed by atoms with E-state index in [1.54, 1.807) is 0 Å². The lowest BCUT2D eigenvalue weighted by atomic mass is 9.83. The fraction of sp³-hybridized carbons (Fsp3) is 0.789. The molecule has 1 fully saturated rings. The molecular formula is C19H34N4O. The third-order valence-electron chi connectivity index (χ3n) is 5.05. The summed E-state index contributed by atoms with van der Waals surface area (Å²) in [5, 5.41) is 6.86. The molecule has 1 heterocycles. The molecule has 1 aromatic rings. The van der Waals surface area contributed by atoms with E-state index in [9.17, 15) is 0 Å². The molecule has 0 radical (unpaired) electrons. The third-order valence-corrected chi connectivity index (χ3v) is 5.05. The molecule has 5 heteroatoms. The Kier molecular flexibility index (Phi) is 6.30. The second kappa shape index (κ2) is 8.04. The molecule has 1 aliphatic carbocycles. The lowest BCUT2D eigenvalue weighted by Crippen LogP contribution is -2.42. The molecule has 0 amide bonds. The molecule has 1 aliphatic rings. The molecule has 1 aromatic heterocycles. The van der Waals surface area contributed by atoms with E-state index < -0.39 is 0 Å². The summed E-state index contributed by atoms with van der Waals surface area (Å²) >= 11 is 0. The van der Waals surface area contributed by atoms with Crippen LogP contribution in [-0.4, -0.2) is 24.0 Å². The molecule has 5 nitrogen and oxygen atoms in total. The van der Waals surface area contributed by atoms with Crippen molar-refractivity contribution in [2.75, 3.05) is 13.1 Å². The second-order valence-electron chi connectivity index (χ2n) is 7.98. The van der Waals surface area contributed by atoms with E-state index in [1.165, 1.54) is 32.1 Å². The predicted octanol–water partition coefficient (Wildman–Crippen LogP) is 4.00. The minimum atomic E-state index is -0.0201. The van der Waals surface area contributed by atoms with Crippen LogP contribution >= 0.6 is 0 Å². The van der Waals surface area contributed by atoms with Crippen LogP contribution in [0.1, 0.15) is 78.4 Å². The van der Waals surface area contributed by atoms with E-state index in [4.69, 9.17) is 4.42 Å². The fourth-order valence-corrected chi connectivity index (χ4v) is 3.27. The van der Waals surface area contributed by atoms with Gasteiger partial charge in [0.1, 0.15) is 12.3 Å². The maximum absolute atomic E-state index is 5.82. The number of rotatable bonds is 6. The molecular weight excluding hydrogens is 300 g/mol. The van der Waals surface area contributed by atoms with Crippen molar-refractivity contribution >= 4 is 5.96 Å². The number of aromatic nitrogens is 1. The van der Waals surface area contributed by atoms with Crippen LogP contribution in [0.5, 0.6) is 0 Å². The van der Waals surface area contributed by atoms with E-state index in [1.807, 2.05) is 6.20 Å². The zero-order valence-electron chi connectivity index (χ0n) is 16.0. The van der Waals surface area contributed by atoms with E-state index in [-0.39, 0.29) is 5.41 Å². The van der Waals surface area contributed by atoms with Crippen LogP contribution in [0, 0.1) is 5.41 Å². The number of aliphatic imine (C=N–C) groups is 1. The Morgan fingerprint density at radius 3 is 2.50 bits per heavy atom. The van der Waals surface area contributed by atoms with Crippen LogP contribution in [0.2, 0.25) is 0 Å². The average Bonchev–Trinajstić information content (AvgIpc) is 3.19.